The van der Waals surface area contributed by atoms with Crippen molar-refractivity contribution in [3.05, 3.63) is 24.3 Å². The first-order valence-electron chi connectivity index (χ1n) is 7.17. The molecule has 5 heteroatoms. The minimum atomic E-state index is 0.00214. The van der Waals surface area contributed by atoms with Crippen LogP contribution in [0.15, 0.2) is 24.3 Å². The molecule has 0 radical (unpaired) electrons. The number of carbonyl (C=O) groups is 1. The van der Waals surface area contributed by atoms with Gasteiger partial charge in [0.1, 0.15) is 0 Å². The quantitative estimate of drug-likeness (QED) is 0.812. The first-order valence-corrected chi connectivity index (χ1v) is 7.17. The van der Waals surface area contributed by atoms with Gasteiger partial charge in [-0.25, -0.2) is 0 Å². The van der Waals surface area contributed by atoms with Gasteiger partial charge in [0.05, 0.1) is 17.9 Å². The topological polar surface area (TPSA) is 61.6 Å². The lowest BCUT2D eigenvalue weighted by molar-refractivity contribution is -0.118. The molecule has 1 amide bonds. The SMILES string of the molecule is CCC1CN(CC(=O)Nc2ccccc2N)CCN1C. The van der Waals surface area contributed by atoms with Crippen molar-refractivity contribution < 1.29 is 4.79 Å². The molecular weight excluding hydrogens is 252 g/mol. The molecule has 5 nitrogen and oxygen atoms in total. The summed E-state index contributed by atoms with van der Waals surface area (Å²) in [5, 5.41) is 2.88. The second kappa shape index (κ2) is 6.72. The number of piperazine rings is 1. The van der Waals surface area contributed by atoms with E-state index in [9.17, 15) is 4.79 Å². The van der Waals surface area contributed by atoms with Crippen molar-refractivity contribution in [1.82, 2.24) is 9.80 Å². The standard InChI is InChI=1S/C15H24N4O/c1-3-12-10-19(9-8-18(12)2)11-15(20)17-14-7-5-4-6-13(14)16/h4-7,12H,3,8-11,16H2,1-2H3,(H,17,20). The normalized spacial score (nSPS) is 20.8. The molecule has 1 atom stereocenters. The van der Waals surface area contributed by atoms with Crippen LogP contribution in [0.5, 0.6) is 0 Å². The molecule has 0 aliphatic carbocycles. The van der Waals surface area contributed by atoms with Crippen molar-refractivity contribution in [1.29, 1.82) is 0 Å². The summed E-state index contributed by atoms with van der Waals surface area (Å²) in [5.41, 5.74) is 7.12. The highest BCUT2D eigenvalue weighted by molar-refractivity contribution is 5.95. The number of nitrogen functional groups attached to an aromatic ring is 1. The van der Waals surface area contributed by atoms with Gasteiger partial charge in [0, 0.05) is 25.7 Å². The smallest absolute Gasteiger partial charge is 0.238 e. The molecule has 1 aliphatic heterocycles. The molecule has 1 unspecified atom stereocenters. The summed E-state index contributed by atoms with van der Waals surface area (Å²) in [4.78, 5) is 16.7. The number of para-hydroxylation sites is 2. The van der Waals surface area contributed by atoms with Gasteiger partial charge in [-0.15, -0.1) is 0 Å². The van der Waals surface area contributed by atoms with Gasteiger partial charge in [0.25, 0.3) is 0 Å². The number of anilines is 2. The number of benzene rings is 1. The van der Waals surface area contributed by atoms with Crippen molar-refractivity contribution in [3.63, 3.8) is 0 Å². The van der Waals surface area contributed by atoms with Crippen LogP contribution in [0, 0.1) is 0 Å². The van der Waals surface area contributed by atoms with E-state index in [0.29, 0.717) is 24.0 Å². The zero-order valence-corrected chi connectivity index (χ0v) is 12.3. The van der Waals surface area contributed by atoms with Crippen molar-refractivity contribution in [2.24, 2.45) is 0 Å². The fourth-order valence-electron chi connectivity index (χ4n) is 2.60. The predicted octanol–water partition coefficient (Wildman–Crippen LogP) is 1.23. The number of nitrogens with two attached hydrogens (primary N) is 1. The van der Waals surface area contributed by atoms with E-state index in [1.54, 1.807) is 6.07 Å². The molecule has 1 saturated heterocycles. The van der Waals surface area contributed by atoms with Crippen LogP contribution in [0.2, 0.25) is 0 Å². The Morgan fingerprint density at radius 3 is 2.85 bits per heavy atom. The molecule has 1 heterocycles. The highest BCUT2D eigenvalue weighted by atomic mass is 16.2. The number of nitrogens with zero attached hydrogens (tertiary/aromatic N) is 2. The van der Waals surface area contributed by atoms with Gasteiger partial charge < -0.3 is 16.0 Å². The van der Waals surface area contributed by atoms with E-state index in [-0.39, 0.29) is 5.91 Å². The van der Waals surface area contributed by atoms with E-state index in [1.807, 2.05) is 18.2 Å². The fraction of sp³-hybridized carbons (Fsp3) is 0.533. The summed E-state index contributed by atoms with van der Waals surface area (Å²) < 4.78 is 0. The minimum absolute atomic E-state index is 0.00214. The molecule has 1 aromatic rings. The molecule has 110 valence electrons. The molecular formula is C15H24N4O. The molecule has 1 aromatic carbocycles. The van der Waals surface area contributed by atoms with E-state index in [4.69, 9.17) is 5.73 Å². The van der Waals surface area contributed by atoms with E-state index in [0.717, 1.165) is 26.1 Å². The lowest BCUT2D eigenvalue weighted by atomic mass is 10.1. The van der Waals surface area contributed by atoms with Crippen LogP contribution in [0.25, 0.3) is 0 Å². The number of nitrogens with one attached hydrogen (secondary N) is 1. The maximum Gasteiger partial charge on any atom is 0.238 e. The molecule has 3 N–H and O–H groups in total. The van der Waals surface area contributed by atoms with Crippen molar-refractivity contribution in [3.8, 4) is 0 Å². The van der Waals surface area contributed by atoms with E-state index < -0.39 is 0 Å². The molecule has 0 aromatic heterocycles. The molecule has 0 spiro atoms. The van der Waals surface area contributed by atoms with Gasteiger partial charge >= 0.3 is 0 Å². The van der Waals surface area contributed by atoms with Crippen molar-refractivity contribution in [2.75, 3.05) is 44.3 Å². The number of rotatable bonds is 4. The first kappa shape index (κ1) is 14.8. The Kier molecular flexibility index (Phi) is 4.98. The molecule has 0 bridgehead atoms. The highest BCUT2D eigenvalue weighted by Crippen LogP contribution is 2.17. The Bertz CT molecular complexity index is 463. The lowest BCUT2D eigenvalue weighted by Gasteiger charge is -2.38. The van der Waals surface area contributed by atoms with E-state index in [2.05, 4.69) is 29.1 Å². The molecule has 1 aliphatic rings. The number of carbonyl (C=O) groups excluding carboxylic acids is 1. The summed E-state index contributed by atoms with van der Waals surface area (Å²) in [7, 11) is 2.15. The maximum atomic E-state index is 12.1. The number of likely N-dealkylation sites (N-methyl/N-ethyl adjacent to an activating group) is 1. The molecule has 20 heavy (non-hydrogen) atoms. The maximum absolute atomic E-state index is 12.1. The van der Waals surface area contributed by atoms with Crippen LogP contribution in [0.4, 0.5) is 11.4 Å². The average molecular weight is 276 g/mol. The lowest BCUT2D eigenvalue weighted by Crippen LogP contribution is -2.52. The van der Waals surface area contributed by atoms with Gasteiger partial charge in [-0.2, -0.15) is 0 Å². The molecule has 0 saturated carbocycles. The van der Waals surface area contributed by atoms with Gasteiger partial charge in [0.2, 0.25) is 5.91 Å². The van der Waals surface area contributed by atoms with Crippen LogP contribution in [0.1, 0.15) is 13.3 Å². The zero-order valence-electron chi connectivity index (χ0n) is 12.3. The van der Waals surface area contributed by atoms with E-state index >= 15 is 0 Å². The third-order valence-electron chi connectivity index (χ3n) is 3.93. The highest BCUT2D eigenvalue weighted by Gasteiger charge is 2.24. The zero-order chi connectivity index (χ0) is 14.5. The van der Waals surface area contributed by atoms with Crippen LogP contribution in [-0.2, 0) is 4.79 Å². The second-order valence-corrected chi connectivity index (χ2v) is 5.41. The van der Waals surface area contributed by atoms with Gasteiger partial charge in [0.15, 0.2) is 0 Å². The fourth-order valence-corrected chi connectivity index (χ4v) is 2.60. The summed E-state index contributed by atoms with van der Waals surface area (Å²) in [6.45, 7) is 5.52. The van der Waals surface area contributed by atoms with Gasteiger partial charge in [-0.3, -0.25) is 9.69 Å². The van der Waals surface area contributed by atoms with Crippen LogP contribution in [0.3, 0.4) is 0 Å². The summed E-state index contributed by atoms with van der Waals surface area (Å²) in [6, 6.07) is 7.88. The summed E-state index contributed by atoms with van der Waals surface area (Å²) in [5.74, 6) is 0.00214. The Hall–Kier alpha value is -1.59. The molecule has 1 fully saturated rings. The van der Waals surface area contributed by atoms with E-state index in [1.165, 1.54) is 0 Å². The Morgan fingerprint density at radius 2 is 2.15 bits per heavy atom. The minimum Gasteiger partial charge on any atom is -0.397 e. The third kappa shape index (κ3) is 3.71. The summed E-state index contributed by atoms with van der Waals surface area (Å²) >= 11 is 0. The first-order chi connectivity index (χ1) is 9.60. The Morgan fingerprint density at radius 1 is 1.40 bits per heavy atom. The second-order valence-electron chi connectivity index (χ2n) is 5.41. The Balaban J connectivity index is 1.87. The monoisotopic (exact) mass is 276 g/mol. The van der Waals surface area contributed by atoms with Gasteiger partial charge in [-0.05, 0) is 25.6 Å². The number of hydrogen-bond donors (Lipinski definition) is 2. The number of hydrogen-bond acceptors (Lipinski definition) is 4. The predicted molar refractivity (Wildman–Crippen MR) is 82.6 cm³/mol. The van der Waals surface area contributed by atoms with Gasteiger partial charge in [-0.1, -0.05) is 19.1 Å². The number of amides is 1. The molecule has 2 rings (SSSR count). The Labute approximate surface area is 120 Å². The van der Waals surface area contributed by atoms with Crippen molar-refractivity contribution >= 4 is 17.3 Å². The van der Waals surface area contributed by atoms with Crippen LogP contribution in [-0.4, -0.2) is 55.0 Å². The van der Waals surface area contributed by atoms with Crippen molar-refractivity contribution in [2.45, 2.75) is 19.4 Å². The summed E-state index contributed by atoms with van der Waals surface area (Å²) in [6.07, 6.45) is 1.11. The average Bonchev–Trinajstić information content (AvgIpc) is 2.43. The van der Waals surface area contributed by atoms with Crippen LogP contribution >= 0.6 is 0 Å². The van der Waals surface area contributed by atoms with Crippen LogP contribution < -0.4 is 11.1 Å². The third-order valence-corrected chi connectivity index (χ3v) is 3.93. The largest absolute Gasteiger partial charge is 0.397 e.